The third-order valence-corrected chi connectivity index (χ3v) is 4.75. The number of carbonyl (C=O) groups is 1. The molecule has 0 atom stereocenters. The van der Waals surface area contributed by atoms with Crippen LogP contribution in [0.2, 0.25) is 0 Å². The minimum Gasteiger partial charge on any atom is -0.465 e. The van der Waals surface area contributed by atoms with Crippen LogP contribution in [0.25, 0.3) is 0 Å². The fraction of sp³-hybridized carbons (Fsp3) is 0.450. The van der Waals surface area contributed by atoms with E-state index in [2.05, 4.69) is 22.1 Å². The molecule has 1 aliphatic carbocycles. The Hall–Kier alpha value is -2.08. The highest BCUT2D eigenvalue weighted by molar-refractivity contribution is 7.98. The van der Waals surface area contributed by atoms with E-state index in [-0.39, 0.29) is 12.6 Å². The Bertz CT molecular complexity index is 773. The van der Waals surface area contributed by atoms with Crippen molar-refractivity contribution in [2.75, 3.05) is 6.61 Å². The summed E-state index contributed by atoms with van der Waals surface area (Å²) in [6, 6.07) is 10.2. The van der Waals surface area contributed by atoms with Crippen LogP contribution in [0.15, 0.2) is 35.5 Å². The van der Waals surface area contributed by atoms with Crippen molar-refractivity contribution in [1.82, 2.24) is 9.97 Å². The van der Waals surface area contributed by atoms with Crippen LogP contribution in [-0.4, -0.2) is 28.1 Å². The molecule has 0 radical (unpaired) electrons. The third kappa shape index (κ3) is 5.21. The lowest BCUT2D eigenvalue weighted by Gasteiger charge is -2.19. The number of benzene rings is 1. The number of aromatic nitrogens is 2. The lowest BCUT2D eigenvalue weighted by Crippen LogP contribution is -2.27. The van der Waals surface area contributed by atoms with Gasteiger partial charge < -0.3 is 9.47 Å². The average molecular weight is 372 g/mol. The van der Waals surface area contributed by atoms with Crippen LogP contribution in [0.4, 0.5) is 0 Å². The molecule has 0 unspecified atom stereocenters. The van der Waals surface area contributed by atoms with Gasteiger partial charge in [-0.2, -0.15) is 4.98 Å². The molecule has 0 N–H and O–H groups in total. The molecule has 2 aromatic rings. The van der Waals surface area contributed by atoms with E-state index in [1.165, 1.54) is 5.56 Å². The molecule has 0 saturated carbocycles. The van der Waals surface area contributed by atoms with Crippen LogP contribution in [0, 0.1) is 0 Å². The van der Waals surface area contributed by atoms with Gasteiger partial charge in [-0.1, -0.05) is 42.1 Å². The van der Waals surface area contributed by atoms with E-state index < -0.39 is 5.60 Å². The second-order valence-electron chi connectivity index (χ2n) is 7.24. The van der Waals surface area contributed by atoms with Gasteiger partial charge in [0.15, 0.2) is 11.8 Å². The number of esters is 1. The van der Waals surface area contributed by atoms with Crippen LogP contribution in [0.3, 0.4) is 0 Å². The summed E-state index contributed by atoms with van der Waals surface area (Å²) < 4.78 is 11.0. The number of rotatable bonds is 6. The van der Waals surface area contributed by atoms with Crippen molar-refractivity contribution >= 4 is 17.7 Å². The number of ether oxygens (including phenoxy) is 2. The largest absolute Gasteiger partial charge is 0.465 e. The lowest BCUT2D eigenvalue weighted by atomic mass is 10.2. The number of hydrogen-bond acceptors (Lipinski definition) is 6. The molecule has 138 valence electrons. The first kappa shape index (κ1) is 18.7. The number of hydrogen-bond donors (Lipinski definition) is 0. The Morgan fingerprint density at radius 2 is 1.92 bits per heavy atom. The number of fused-ring (bicyclic) bond motifs is 1. The molecular formula is C20H24N2O3S. The zero-order chi connectivity index (χ0) is 18.6. The van der Waals surface area contributed by atoms with Gasteiger partial charge >= 0.3 is 5.97 Å². The van der Waals surface area contributed by atoms with Gasteiger partial charge in [0.25, 0.3) is 0 Å². The van der Waals surface area contributed by atoms with Crippen molar-refractivity contribution in [2.45, 2.75) is 56.5 Å². The van der Waals surface area contributed by atoms with Crippen molar-refractivity contribution in [1.29, 1.82) is 0 Å². The van der Waals surface area contributed by atoms with E-state index >= 15 is 0 Å². The monoisotopic (exact) mass is 372 g/mol. The minimum atomic E-state index is -0.523. The van der Waals surface area contributed by atoms with Gasteiger partial charge in [-0.25, -0.2) is 9.78 Å². The average Bonchev–Trinajstić information content (AvgIpc) is 3.06. The second kappa shape index (κ2) is 8.08. The first-order valence-electron chi connectivity index (χ1n) is 8.82. The highest BCUT2D eigenvalue weighted by Gasteiger charge is 2.22. The van der Waals surface area contributed by atoms with E-state index in [0.717, 1.165) is 36.3 Å². The van der Waals surface area contributed by atoms with Gasteiger partial charge in [-0.3, -0.25) is 0 Å². The summed E-state index contributed by atoms with van der Waals surface area (Å²) in [7, 11) is 0. The molecule has 0 saturated heterocycles. The molecule has 6 heteroatoms. The molecule has 0 spiro atoms. The topological polar surface area (TPSA) is 61.3 Å². The van der Waals surface area contributed by atoms with Crippen LogP contribution < -0.4 is 4.74 Å². The van der Waals surface area contributed by atoms with Crippen LogP contribution in [-0.2, 0) is 28.1 Å². The molecule has 1 heterocycles. The SMILES string of the molecule is CC(C)(C)OC(=O)COc1nc(SCc2ccccc2)nc2c1CCC2. The molecule has 26 heavy (non-hydrogen) atoms. The third-order valence-electron chi connectivity index (χ3n) is 3.83. The normalized spacial score (nSPS) is 13.3. The fourth-order valence-corrected chi connectivity index (χ4v) is 3.59. The predicted molar refractivity (Wildman–Crippen MR) is 101 cm³/mol. The number of aryl methyl sites for hydroxylation is 1. The summed E-state index contributed by atoms with van der Waals surface area (Å²) in [6.07, 6.45) is 2.86. The molecule has 0 aliphatic heterocycles. The number of nitrogens with zero attached hydrogens (tertiary/aromatic N) is 2. The summed E-state index contributed by atoms with van der Waals surface area (Å²) in [4.78, 5) is 21.2. The van der Waals surface area contributed by atoms with Crippen molar-refractivity contribution < 1.29 is 14.3 Å². The maximum absolute atomic E-state index is 11.9. The molecule has 0 fully saturated rings. The Balaban J connectivity index is 1.69. The maximum Gasteiger partial charge on any atom is 0.344 e. The Kier molecular flexibility index (Phi) is 5.81. The molecular weight excluding hydrogens is 348 g/mol. The van der Waals surface area contributed by atoms with Gasteiger partial charge in [-0.15, -0.1) is 0 Å². The predicted octanol–water partition coefficient (Wildman–Crippen LogP) is 3.98. The summed E-state index contributed by atoms with van der Waals surface area (Å²) in [6.45, 7) is 5.38. The minimum absolute atomic E-state index is 0.135. The molecule has 0 amide bonds. The van der Waals surface area contributed by atoms with E-state index in [1.807, 2.05) is 39.0 Å². The fourth-order valence-electron chi connectivity index (χ4n) is 2.78. The summed E-state index contributed by atoms with van der Waals surface area (Å²) >= 11 is 1.58. The zero-order valence-corrected chi connectivity index (χ0v) is 16.3. The van der Waals surface area contributed by atoms with Gasteiger partial charge in [0, 0.05) is 11.3 Å². The second-order valence-corrected chi connectivity index (χ2v) is 8.18. The molecule has 3 rings (SSSR count). The molecule has 1 aromatic heterocycles. The quantitative estimate of drug-likeness (QED) is 0.434. The Labute approximate surface area is 158 Å². The lowest BCUT2D eigenvalue weighted by molar-refractivity contribution is -0.157. The van der Waals surface area contributed by atoms with Gasteiger partial charge in [0.2, 0.25) is 5.88 Å². The van der Waals surface area contributed by atoms with Gasteiger partial charge in [0.05, 0.1) is 5.69 Å². The number of carbonyl (C=O) groups excluding carboxylic acids is 1. The highest BCUT2D eigenvalue weighted by Crippen LogP contribution is 2.31. The van der Waals surface area contributed by atoms with Gasteiger partial charge in [0.1, 0.15) is 5.60 Å². The zero-order valence-electron chi connectivity index (χ0n) is 15.4. The Morgan fingerprint density at radius 1 is 1.15 bits per heavy atom. The summed E-state index contributed by atoms with van der Waals surface area (Å²) in [5, 5.41) is 0.689. The van der Waals surface area contributed by atoms with Crippen LogP contribution in [0.1, 0.15) is 44.0 Å². The first-order valence-corrected chi connectivity index (χ1v) is 9.80. The molecule has 0 bridgehead atoms. The maximum atomic E-state index is 11.9. The van der Waals surface area contributed by atoms with Crippen LogP contribution in [0.5, 0.6) is 5.88 Å². The van der Waals surface area contributed by atoms with E-state index in [4.69, 9.17) is 9.47 Å². The Morgan fingerprint density at radius 3 is 2.65 bits per heavy atom. The molecule has 1 aromatic carbocycles. The van der Waals surface area contributed by atoms with Crippen molar-refractivity contribution in [3.05, 3.63) is 47.2 Å². The van der Waals surface area contributed by atoms with E-state index in [1.54, 1.807) is 11.8 Å². The molecule has 5 nitrogen and oxygen atoms in total. The smallest absolute Gasteiger partial charge is 0.344 e. The van der Waals surface area contributed by atoms with E-state index in [9.17, 15) is 4.79 Å². The summed E-state index contributed by atoms with van der Waals surface area (Å²) in [5.41, 5.74) is 2.76. The summed E-state index contributed by atoms with van der Waals surface area (Å²) in [5.74, 6) is 0.931. The van der Waals surface area contributed by atoms with Crippen molar-refractivity contribution in [3.63, 3.8) is 0 Å². The van der Waals surface area contributed by atoms with Crippen LogP contribution >= 0.6 is 11.8 Å². The number of thioether (sulfide) groups is 1. The first-order chi connectivity index (χ1) is 12.4. The highest BCUT2D eigenvalue weighted by atomic mass is 32.2. The molecule has 1 aliphatic rings. The standard InChI is InChI=1S/C20H24N2O3S/c1-20(2,3)25-17(23)12-24-18-15-10-7-11-16(15)21-19(22-18)26-13-14-8-5-4-6-9-14/h4-6,8-9H,7,10-13H2,1-3H3. The van der Waals surface area contributed by atoms with Crippen molar-refractivity contribution in [3.8, 4) is 5.88 Å². The van der Waals surface area contributed by atoms with E-state index in [0.29, 0.717) is 11.0 Å². The van der Waals surface area contributed by atoms with Crippen molar-refractivity contribution in [2.24, 2.45) is 0 Å². The van der Waals surface area contributed by atoms with Gasteiger partial charge in [-0.05, 0) is 45.6 Å².